The molecule has 0 aromatic heterocycles. The molecule has 0 bridgehead atoms. The number of ether oxygens (including phenoxy) is 1. The number of hydrogen-bond acceptors (Lipinski definition) is 6. The van der Waals surface area contributed by atoms with Crippen LogP contribution in [-0.2, 0) is 31.1 Å². The number of aromatic hydroxyl groups is 1. The summed E-state index contributed by atoms with van der Waals surface area (Å²) in [6.07, 6.45) is 4.02. The molecule has 1 aliphatic heterocycles. The zero-order valence-electron chi connectivity index (χ0n) is 27.0. The van der Waals surface area contributed by atoms with Gasteiger partial charge in [0.1, 0.15) is 11.5 Å². The van der Waals surface area contributed by atoms with Crippen molar-refractivity contribution in [3.63, 3.8) is 0 Å². The molecule has 7 heteroatoms. The number of phenolic OH excluding ortho intramolecular Hbond substituents is 1. The van der Waals surface area contributed by atoms with E-state index in [4.69, 9.17) is 4.74 Å². The molecule has 2 amide bonds. The van der Waals surface area contributed by atoms with E-state index in [1.807, 2.05) is 97.1 Å². The highest BCUT2D eigenvalue weighted by atomic mass is 16.5. The lowest BCUT2D eigenvalue weighted by Crippen LogP contribution is -2.58. The monoisotopic (exact) mass is 649 g/mol. The van der Waals surface area contributed by atoms with Gasteiger partial charge >= 0.3 is 0 Å². The average molecular weight is 650 g/mol. The van der Waals surface area contributed by atoms with E-state index in [9.17, 15) is 19.5 Å². The second-order valence-electron chi connectivity index (χ2n) is 13.5. The van der Waals surface area contributed by atoms with Gasteiger partial charge in [0.15, 0.2) is 11.6 Å². The van der Waals surface area contributed by atoms with Crippen LogP contribution in [-0.4, -0.2) is 40.5 Å². The quantitative estimate of drug-likeness (QED) is 0.191. The predicted octanol–water partition coefficient (Wildman–Crippen LogP) is 6.43. The molecule has 244 valence electrons. The molecule has 0 unspecified atom stereocenters. The fourth-order valence-corrected chi connectivity index (χ4v) is 9.10. The summed E-state index contributed by atoms with van der Waals surface area (Å²) < 4.78 is 5.41. The Labute approximate surface area is 284 Å². The van der Waals surface area contributed by atoms with Crippen molar-refractivity contribution in [3.8, 4) is 11.5 Å². The molecule has 0 radical (unpaired) electrons. The van der Waals surface area contributed by atoms with Gasteiger partial charge in [0.2, 0.25) is 11.8 Å². The molecule has 1 heterocycles. The van der Waals surface area contributed by atoms with Crippen LogP contribution in [0.4, 0.5) is 0 Å². The minimum absolute atomic E-state index is 0.0697. The Morgan fingerprint density at radius 1 is 0.816 bits per heavy atom. The number of allylic oxidation sites excluding steroid dienone is 4. The molecular formula is C42H35NO6. The van der Waals surface area contributed by atoms with Gasteiger partial charge < -0.3 is 9.84 Å². The molecule has 6 atom stereocenters. The van der Waals surface area contributed by atoms with Crippen molar-refractivity contribution in [3.05, 3.63) is 149 Å². The predicted molar refractivity (Wildman–Crippen MR) is 183 cm³/mol. The second-order valence-corrected chi connectivity index (χ2v) is 13.5. The Hall–Kier alpha value is -5.56. The number of methoxy groups -OCH3 is 1. The number of benzene rings is 4. The van der Waals surface area contributed by atoms with E-state index in [2.05, 4.69) is 0 Å². The van der Waals surface area contributed by atoms with Crippen molar-refractivity contribution >= 4 is 29.0 Å². The molecular weight excluding hydrogens is 614 g/mol. The number of imide groups is 1. The van der Waals surface area contributed by atoms with Crippen LogP contribution < -0.4 is 4.74 Å². The summed E-state index contributed by atoms with van der Waals surface area (Å²) in [5, 5.41) is 11.6. The summed E-state index contributed by atoms with van der Waals surface area (Å²) >= 11 is 0. The van der Waals surface area contributed by atoms with Gasteiger partial charge in [0.05, 0.1) is 30.9 Å². The molecule has 4 aromatic carbocycles. The van der Waals surface area contributed by atoms with Crippen LogP contribution in [0.3, 0.4) is 0 Å². The van der Waals surface area contributed by atoms with Gasteiger partial charge in [-0.25, -0.2) is 0 Å². The third-order valence-corrected chi connectivity index (χ3v) is 11.2. The van der Waals surface area contributed by atoms with Gasteiger partial charge in [0, 0.05) is 29.0 Å². The molecule has 4 aliphatic rings. The number of rotatable bonds is 6. The summed E-state index contributed by atoms with van der Waals surface area (Å²) in [6.45, 7) is 0.173. The Morgan fingerprint density at radius 2 is 1.49 bits per heavy atom. The smallest absolute Gasteiger partial charge is 0.234 e. The minimum Gasteiger partial charge on any atom is -0.508 e. The molecule has 8 rings (SSSR count). The van der Waals surface area contributed by atoms with E-state index in [1.54, 1.807) is 12.1 Å². The normalized spacial score (nSPS) is 27.5. The number of hydrogen-bond donors (Lipinski definition) is 1. The lowest BCUT2D eigenvalue weighted by molar-refractivity contribution is -0.141. The molecule has 3 aliphatic carbocycles. The van der Waals surface area contributed by atoms with Gasteiger partial charge in [-0.1, -0.05) is 109 Å². The van der Waals surface area contributed by atoms with Gasteiger partial charge in [0.25, 0.3) is 0 Å². The first-order valence-electron chi connectivity index (χ1n) is 16.7. The summed E-state index contributed by atoms with van der Waals surface area (Å²) in [5.41, 5.74) is 2.38. The summed E-state index contributed by atoms with van der Waals surface area (Å²) in [7, 11) is 1.51. The number of carbonyl (C=O) groups is 4. The third kappa shape index (κ3) is 4.63. The topological polar surface area (TPSA) is 101 Å². The highest BCUT2D eigenvalue weighted by Gasteiger charge is 2.66. The zero-order chi connectivity index (χ0) is 33.9. The Kier molecular flexibility index (Phi) is 7.43. The molecule has 1 saturated heterocycles. The van der Waals surface area contributed by atoms with Crippen molar-refractivity contribution in [2.24, 2.45) is 23.7 Å². The zero-order valence-corrected chi connectivity index (χ0v) is 27.0. The van der Waals surface area contributed by atoms with E-state index < -0.39 is 35.0 Å². The van der Waals surface area contributed by atoms with Crippen LogP contribution in [0.5, 0.6) is 11.5 Å². The molecule has 4 aromatic rings. The van der Waals surface area contributed by atoms with Gasteiger partial charge in [-0.2, -0.15) is 0 Å². The van der Waals surface area contributed by atoms with Crippen LogP contribution in [0.25, 0.3) is 5.57 Å². The van der Waals surface area contributed by atoms with Gasteiger partial charge in [-0.05, 0) is 47.6 Å². The number of phenols is 1. The molecule has 49 heavy (non-hydrogen) atoms. The van der Waals surface area contributed by atoms with Crippen LogP contribution in [0.1, 0.15) is 41.0 Å². The Balaban J connectivity index is 1.34. The SMILES string of the molecule is COc1ccc([C@H]2C3=CC[C@@H]4C(=O)N(Cc5ccccc5)C(=O)[C@@H]4[C@@H]3C[C@H]3C(=O)C(c4ccccc4)=CC(=O)[C@@]23c2ccccc2)c(O)c1. The van der Waals surface area contributed by atoms with Gasteiger partial charge in [-0.15, -0.1) is 0 Å². The molecule has 7 nitrogen and oxygen atoms in total. The van der Waals surface area contributed by atoms with Crippen molar-refractivity contribution in [1.29, 1.82) is 0 Å². The van der Waals surface area contributed by atoms with E-state index in [0.717, 1.165) is 11.1 Å². The van der Waals surface area contributed by atoms with Crippen molar-refractivity contribution in [1.82, 2.24) is 4.90 Å². The Morgan fingerprint density at radius 3 is 2.16 bits per heavy atom. The average Bonchev–Trinajstić information content (AvgIpc) is 3.38. The van der Waals surface area contributed by atoms with Crippen molar-refractivity contribution in [2.45, 2.75) is 30.7 Å². The lowest BCUT2D eigenvalue weighted by Gasteiger charge is -2.55. The summed E-state index contributed by atoms with van der Waals surface area (Å²) in [4.78, 5) is 59.7. The van der Waals surface area contributed by atoms with Crippen LogP contribution in [0, 0.1) is 23.7 Å². The number of likely N-dealkylation sites (tertiary alicyclic amines) is 1. The number of carbonyl (C=O) groups excluding carboxylic acids is 4. The minimum atomic E-state index is -1.41. The molecule has 1 N–H and O–H groups in total. The third-order valence-electron chi connectivity index (χ3n) is 11.2. The second kappa shape index (κ2) is 11.8. The van der Waals surface area contributed by atoms with Crippen molar-refractivity contribution in [2.75, 3.05) is 7.11 Å². The lowest BCUT2D eigenvalue weighted by atomic mass is 9.44. The highest BCUT2D eigenvalue weighted by Crippen LogP contribution is 2.64. The number of amides is 2. The maximum Gasteiger partial charge on any atom is 0.234 e. The highest BCUT2D eigenvalue weighted by molar-refractivity contribution is 6.31. The first-order valence-corrected chi connectivity index (χ1v) is 16.7. The Bertz CT molecular complexity index is 2050. The molecule has 0 spiro atoms. The number of Topliss-reactive ketones (excluding diaryl/α,β-unsaturated/α-hetero) is 1. The van der Waals surface area contributed by atoms with Crippen molar-refractivity contribution < 1.29 is 29.0 Å². The molecule has 2 fully saturated rings. The van der Waals surface area contributed by atoms with E-state index in [1.165, 1.54) is 24.2 Å². The first kappa shape index (κ1) is 30.8. The standard InChI is InChI=1S/C42H35NO6/c1-49-28-17-18-30(35(44)21-28)38-29-19-20-31-37(41(48)43(40(31)47)24-25-11-5-2-6-12-25)33(29)22-34-39(46)32(26-13-7-3-8-14-26)23-36(45)42(34,38)27-15-9-4-10-16-27/h2-19,21,23,31,33-34,37-38,44H,20,22,24H2,1H3/t31-,33+,34-,37-,38+,42-/m0/s1. The fourth-order valence-electron chi connectivity index (χ4n) is 9.10. The van der Waals surface area contributed by atoms with Gasteiger partial charge in [-0.3, -0.25) is 24.1 Å². The number of fused-ring (bicyclic) bond motifs is 4. The maximum absolute atomic E-state index is 15.1. The van der Waals surface area contributed by atoms with E-state index in [0.29, 0.717) is 34.4 Å². The first-order chi connectivity index (χ1) is 23.8. The fraction of sp³-hybridized carbons (Fsp3) is 0.238. The summed E-state index contributed by atoms with van der Waals surface area (Å²) in [5.74, 6) is -3.95. The van der Waals surface area contributed by atoms with E-state index >= 15 is 4.79 Å². The largest absolute Gasteiger partial charge is 0.508 e. The maximum atomic E-state index is 15.1. The van der Waals surface area contributed by atoms with E-state index in [-0.39, 0.29) is 42.1 Å². The van der Waals surface area contributed by atoms with Crippen LogP contribution >= 0.6 is 0 Å². The summed E-state index contributed by atoms with van der Waals surface area (Å²) in [6, 6.07) is 33.0. The molecule has 1 saturated carbocycles. The number of ketones is 2. The van der Waals surface area contributed by atoms with Crippen LogP contribution in [0.15, 0.2) is 127 Å². The number of nitrogens with zero attached hydrogens (tertiary/aromatic N) is 1. The van der Waals surface area contributed by atoms with Crippen LogP contribution in [0.2, 0.25) is 0 Å².